The van der Waals surface area contributed by atoms with E-state index in [2.05, 4.69) is 0 Å². The third-order valence-electron chi connectivity index (χ3n) is 3.06. The topological polar surface area (TPSA) is 20.3 Å². The molecule has 1 fully saturated rings. The Morgan fingerprint density at radius 3 is 2.33 bits per heavy atom. The van der Waals surface area contributed by atoms with Gasteiger partial charge < -0.3 is 4.90 Å². The van der Waals surface area contributed by atoms with Crippen LogP contribution >= 0.6 is 0 Å². The zero-order chi connectivity index (χ0) is 11.1. The van der Waals surface area contributed by atoms with Crippen molar-refractivity contribution in [2.75, 3.05) is 11.4 Å². The summed E-state index contributed by atoms with van der Waals surface area (Å²) >= 11 is 0. The van der Waals surface area contributed by atoms with Crippen molar-refractivity contribution in [3.05, 3.63) is 30.1 Å². The summed E-state index contributed by atoms with van der Waals surface area (Å²) in [7, 11) is 0. The first kappa shape index (κ1) is 10.1. The number of rotatable bonds is 1. The summed E-state index contributed by atoms with van der Waals surface area (Å²) in [5.74, 6) is -0.00564. The second-order valence-corrected chi connectivity index (χ2v) is 4.36. The minimum Gasteiger partial charge on any atom is -0.359 e. The molecule has 1 saturated heterocycles. The molecule has 0 aromatic heterocycles. The Morgan fingerprint density at radius 2 is 1.87 bits per heavy atom. The predicted octanol–water partition coefficient (Wildman–Crippen LogP) is 2.38. The number of carbonyl (C=O) groups excluding carboxylic acids is 1. The van der Waals surface area contributed by atoms with Gasteiger partial charge in [-0.05, 0) is 38.1 Å². The molecule has 15 heavy (non-hydrogen) atoms. The first-order valence-electron chi connectivity index (χ1n) is 5.08. The number of nitrogens with zero attached hydrogens (tertiary/aromatic N) is 1. The van der Waals surface area contributed by atoms with Gasteiger partial charge in [-0.25, -0.2) is 4.39 Å². The van der Waals surface area contributed by atoms with Crippen molar-refractivity contribution in [3.63, 3.8) is 0 Å². The van der Waals surface area contributed by atoms with E-state index in [0.29, 0.717) is 6.42 Å². The summed E-state index contributed by atoms with van der Waals surface area (Å²) in [6.07, 6.45) is 0.574. The first-order valence-corrected chi connectivity index (χ1v) is 5.08. The van der Waals surface area contributed by atoms with E-state index >= 15 is 0 Å². The molecule has 0 aliphatic carbocycles. The van der Waals surface area contributed by atoms with Gasteiger partial charge in [0.1, 0.15) is 5.82 Å². The van der Waals surface area contributed by atoms with Crippen molar-refractivity contribution in [1.29, 1.82) is 0 Å². The van der Waals surface area contributed by atoms with Gasteiger partial charge in [0.15, 0.2) is 5.78 Å². The third-order valence-corrected chi connectivity index (χ3v) is 3.06. The molecule has 0 spiro atoms. The van der Waals surface area contributed by atoms with Crippen LogP contribution in [0.3, 0.4) is 0 Å². The molecule has 1 heterocycles. The van der Waals surface area contributed by atoms with Gasteiger partial charge in [0.2, 0.25) is 0 Å². The number of carbonyl (C=O) groups is 1. The number of hydrogen-bond donors (Lipinski definition) is 0. The van der Waals surface area contributed by atoms with E-state index < -0.39 is 5.54 Å². The highest BCUT2D eigenvalue weighted by Crippen LogP contribution is 2.30. The molecule has 1 aliphatic rings. The number of halogens is 1. The maximum atomic E-state index is 12.8. The number of hydrogen-bond acceptors (Lipinski definition) is 2. The zero-order valence-corrected chi connectivity index (χ0v) is 8.96. The van der Waals surface area contributed by atoms with Crippen LogP contribution in [0.1, 0.15) is 20.3 Å². The highest BCUT2D eigenvalue weighted by Gasteiger charge is 2.39. The van der Waals surface area contributed by atoms with Crippen LogP contribution < -0.4 is 4.90 Å². The Bertz CT molecular complexity index is 383. The van der Waals surface area contributed by atoms with Crippen LogP contribution in [0.15, 0.2) is 24.3 Å². The molecular formula is C12H14FNO. The lowest BCUT2D eigenvalue weighted by Gasteiger charge is -2.32. The van der Waals surface area contributed by atoms with Gasteiger partial charge >= 0.3 is 0 Å². The largest absolute Gasteiger partial charge is 0.359 e. The van der Waals surface area contributed by atoms with Crippen LogP contribution in [0.4, 0.5) is 10.1 Å². The van der Waals surface area contributed by atoms with E-state index in [1.807, 2.05) is 18.7 Å². The average molecular weight is 207 g/mol. The van der Waals surface area contributed by atoms with Gasteiger partial charge in [0, 0.05) is 18.7 Å². The van der Waals surface area contributed by atoms with Gasteiger partial charge in [-0.3, -0.25) is 4.79 Å². The minimum absolute atomic E-state index is 0.242. The van der Waals surface area contributed by atoms with Crippen molar-refractivity contribution < 1.29 is 9.18 Å². The van der Waals surface area contributed by atoms with Gasteiger partial charge in [-0.1, -0.05) is 0 Å². The van der Waals surface area contributed by atoms with E-state index in [0.717, 1.165) is 12.2 Å². The average Bonchev–Trinajstić information content (AvgIpc) is 2.44. The maximum Gasteiger partial charge on any atom is 0.159 e. The van der Waals surface area contributed by atoms with Crippen molar-refractivity contribution in [2.45, 2.75) is 25.8 Å². The Morgan fingerprint density at radius 1 is 1.27 bits per heavy atom. The summed E-state index contributed by atoms with van der Waals surface area (Å²) < 4.78 is 12.8. The van der Waals surface area contributed by atoms with E-state index in [1.165, 1.54) is 12.1 Å². The number of anilines is 1. The lowest BCUT2D eigenvalue weighted by atomic mass is 10.00. The lowest BCUT2D eigenvalue weighted by Crippen LogP contribution is -2.42. The summed E-state index contributed by atoms with van der Waals surface area (Å²) in [4.78, 5) is 13.7. The van der Waals surface area contributed by atoms with E-state index in [1.54, 1.807) is 12.1 Å². The van der Waals surface area contributed by atoms with Crippen LogP contribution in [0.5, 0.6) is 0 Å². The molecule has 1 aliphatic heterocycles. The minimum atomic E-state index is -0.460. The fourth-order valence-corrected chi connectivity index (χ4v) is 2.02. The van der Waals surface area contributed by atoms with Gasteiger partial charge in [-0.2, -0.15) is 0 Å². The van der Waals surface area contributed by atoms with Gasteiger partial charge in [0.05, 0.1) is 5.54 Å². The van der Waals surface area contributed by atoms with Crippen LogP contribution in [0, 0.1) is 5.82 Å². The maximum absolute atomic E-state index is 12.8. The number of benzene rings is 1. The van der Waals surface area contributed by atoms with Crippen molar-refractivity contribution in [1.82, 2.24) is 0 Å². The molecule has 1 aromatic carbocycles. The van der Waals surface area contributed by atoms with Crippen LogP contribution in [-0.2, 0) is 4.79 Å². The molecule has 0 radical (unpaired) electrons. The molecule has 0 N–H and O–H groups in total. The number of Topliss-reactive ketones (excluding diaryl/α,β-unsaturated/α-hetero) is 1. The Hall–Kier alpha value is -1.38. The molecule has 0 saturated carbocycles. The molecule has 0 atom stereocenters. The molecule has 2 nitrogen and oxygen atoms in total. The van der Waals surface area contributed by atoms with Crippen LogP contribution in [0.2, 0.25) is 0 Å². The second-order valence-electron chi connectivity index (χ2n) is 4.36. The smallest absolute Gasteiger partial charge is 0.159 e. The molecule has 0 bridgehead atoms. The monoisotopic (exact) mass is 207 g/mol. The molecular weight excluding hydrogens is 193 g/mol. The van der Waals surface area contributed by atoms with Crippen LogP contribution in [-0.4, -0.2) is 17.9 Å². The van der Waals surface area contributed by atoms with Gasteiger partial charge in [-0.15, -0.1) is 0 Å². The van der Waals surface area contributed by atoms with Crippen molar-refractivity contribution in [3.8, 4) is 0 Å². The SMILES string of the molecule is CC1(C)C(=O)CCN1c1ccc(F)cc1. The fraction of sp³-hybridized carbons (Fsp3) is 0.417. The summed E-state index contributed by atoms with van der Waals surface area (Å²) in [6.45, 7) is 4.54. The number of ketones is 1. The van der Waals surface area contributed by atoms with Crippen LogP contribution in [0.25, 0.3) is 0 Å². The molecule has 3 heteroatoms. The van der Waals surface area contributed by atoms with Gasteiger partial charge in [0.25, 0.3) is 0 Å². The Labute approximate surface area is 88.7 Å². The Kier molecular flexibility index (Phi) is 2.25. The zero-order valence-electron chi connectivity index (χ0n) is 8.96. The normalized spacial score (nSPS) is 19.7. The molecule has 0 amide bonds. The van der Waals surface area contributed by atoms with Crippen molar-refractivity contribution >= 4 is 11.5 Å². The standard InChI is InChI=1S/C12H14FNO/c1-12(2)11(15)7-8-14(12)10-5-3-9(13)4-6-10/h3-6H,7-8H2,1-2H3. The van der Waals surface area contributed by atoms with E-state index in [-0.39, 0.29) is 11.6 Å². The Balaban J connectivity index is 2.32. The molecule has 1 aromatic rings. The first-order chi connectivity index (χ1) is 7.01. The fourth-order valence-electron chi connectivity index (χ4n) is 2.02. The summed E-state index contributed by atoms with van der Waals surface area (Å²) in [5.41, 5.74) is 0.449. The van der Waals surface area contributed by atoms with Crippen molar-refractivity contribution in [2.24, 2.45) is 0 Å². The van der Waals surface area contributed by atoms with E-state index in [9.17, 15) is 9.18 Å². The third kappa shape index (κ3) is 1.62. The second kappa shape index (κ2) is 3.33. The molecule has 80 valence electrons. The summed E-state index contributed by atoms with van der Waals surface area (Å²) in [5, 5.41) is 0. The predicted molar refractivity (Wildman–Crippen MR) is 57.4 cm³/mol. The molecule has 0 unspecified atom stereocenters. The highest BCUT2D eigenvalue weighted by molar-refractivity contribution is 5.94. The van der Waals surface area contributed by atoms with E-state index in [4.69, 9.17) is 0 Å². The lowest BCUT2D eigenvalue weighted by molar-refractivity contribution is -0.120. The summed E-state index contributed by atoms with van der Waals surface area (Å²) in [6, 6.07) is 6.29. The quantitative estimate of drug-likeness (QED) is 0.704. The highest BCUT2D eigenvalue weighted by atomic mass is 19.1. The molecule has 2 rings (SSSR count).